The number of aromatic nitrogens is 3. The second-order valence-electron chi connectivity index (χ2n) is 7.14. The summed E-state index contributed by atoms with van der Waals surface area (Å²) in [6, 6.07) is 11.6. The van der Waals surface area contributed by atoms with E-state index in [1.807, 2.05) is 0 Å². The molecule has 0 unspecified atom stereocenters. The van der Waals surface area contributed by atoms with E-state index in [2.05, 4.69) is 15.4 Å². The Hall–Kier alpha value is -4.15. The number of ether oxygens (including phenoxy) is 2. The van der Waals surface area contributed by atoms with E-state index < -0.39 is 23.6 Å². The van der Waals surface area contributed by atoms with E-state index in [1.54, 1.807) is 18.2 Å². The molecule has 1 amide bonds. The standard InChI is InChI=1S/C22H14F4N4O3/c23-13-3-1-12(2-4-13)15-10-19(22(24,25)26)30-20(28-15)11-16(29-30)21(31)27-14-5-6-17-18(9-14)33-8-7-32-17/h1-6,9-11H,7-8H2,(H,27,31). The molecule has 0 atom stereocenters. The average Bonchev–Trinajstić information content (AvgIpc) is 3.22. The van der Waals surface area contributed by atoms with E-state index in [0.29, 0.717) is 34.9 Å². The Labute approximate surface area is 183 Å². The monoisotopic (exact) mass is 458 g/mol. The lowest BCUT2D eigenvalue weighted by molar-refractivity contribution is -0.142. The van der Waals surface area contributed by atoms with Crippen LogP contribution in [-0.2, 0) is 6.18 Å². The molecule has 33 heavy (non-hydrogen) atoms. The number of hydrogen-bond donors (Lipinski definition) is 1. The van der Waals surface area contributed by atoms with E-state index in [1.165, 1.54) is 12.1 Å². The molecular weight excluding hydrogens is 444 g/mol. The van der Waals surface area contributed by atoms with E-state index in [0.717, 1.165) is 24.3 Å². The van der Waals surface area contributed by atoms with Crippen LogP contribution in [0.25, 0.3) is 16.9 Å². The van der Waals surface area contributed by atoms with Gasteiger partial charge in [0.15, 0.2) is 28.5 Å². The summed E-state index contributed by atoms with van der Waals surface area (Å²) in [5.41, 5.74) is -0.959. The van der Waals surface area contributed by atoms with Crippen LogP contribution in [0.15, 0.2) is 54.6 Å². The highest BCUT2D eigenvalue weighted by molar-refractivity contribution is 6.03. The summed E-state index contributed by atoms with van der Waals surface area (Å²) in [6.07, 6.45) is -4.77. The maximum Gasteiger partial charge on any atom is 0.433 e. The highest BCUT2D eigenvalue weighted by Crippen LogP contribution is 2.34. The molecule has 0 aliphatic carbocycles. The third kappa shape index (κ3) is 4.04. The van der Waals surface area contributed by atoms with Crippen LogP contribution in [0, 0.1) is 5.82 Å². The molecule has 0 spiro atoms. The maximum atomic E-state index is 13.7. The van der Waals surface area contributed by atoms with Crippen molar-refractivity contribution in [3.63, 3.8) is 0 Å². The second-order valence-corrected chi connectivity index (χ2v) is 7.14. The number of amides is 1. The number of nitrogens with one attached hydrogen (secondary N) is 1. The van der Waals surface area contributed by atoms with Crippen molar-refractivity contribution in [3.05, 3.63) is 71.8 Å². The molecule has 168 valence electrons. The van der Waals surface area contributed by atoms with Gasteiger partial charge in [-0.2, -0.15) is 18.3 Å². The predicted octanol–water partition coefficient (Wildman–Crippen LogP) is 4.58. The fraction of sp³-hybridized carbons (Fsp3) is 0.136. The topological polar surface area (TPSA) is 77.8 Å². The fourth-order valence-electron chi connectivity index (χ4n) is 3.37. The summed E-state index contributed by atoms with van der Waals surface area (Å²) in [6.45, 7) is 0.771. The highest BCUT2D eigenvalue weighted by atomic mass is 19.4. The molecule has 1 aliphatic heterocycles. The van der Waals surface area contributed by atoms with Crippen molar-refractivity contribution in [3.8, 4) is 22.8 Å². The van der Waals surface area contributed by atoms with Crippen molar-refractivity contribution in [1.29, 1.82) is 0 Å². The van der Waals surface area contributed by atoms with Gasteiger partial charge in [-0.25, -0.2) is 13.9 Å². The van der Waals surface area contributed by atoms with E-state index in [-0.39, 0.29) is 22.6 Å². The molecule has 5 rings (SSSR count). The summed E-state index contributed by atoms with van der Waals surface area (Å²) in [4.78, 5) is 16.9. The summed E-state index contributed by atoms with van der Waals surface area (Å²) in [7, 11) is 0. The van der Waals surface area contributed by atoms with Crippen LogP contribution in [-0.4, -0.2) is 33.7 Å². The first-order valence-electron chi connectivity index (χ1n) is 9.73. The van der Waals surface area contributed by atoms with Gasteiger partial charge >= 0.3 is 6.18 Å². The van der Waals surface area contributed by atoms with Crippen LogP contribution >= 0.6 is 0 Å². The van der Waals surface area contributed by atoms with Crippen LogP contribution in [0.2, 0.25) is 0 Å². The van der Waals surface area contributed by atoms with Crippen molar-refractivity contribution in [2.24, 2.45) is 0 Å². The number of benzene rings is 2. The molecule has 0 saturated carbocycles. The largest absolute Gasteiger partial charge is 0.486 e. The van der Waals surface area contributed by atoms with Crippen LogP contribution in [0.4, 0.5) is 23.2 Å². The van der Waals surface area contributed by atoms with Crippen LogP contribution in [0.1, 0.15) is 16.2 Å². The first-order chi connectivity index (χ1) is 15.8. The smallest absolute Gasteiger partial charge is 0.433 e. The number of alkyl halides is 3. The van der Waals surface area contributed by atoms with Gasteiger partial charge < -0.3 is 14.8 Å². The number of anilines is 1. The molecule has 0 fully saturated rings. The van der Waals surface area contributed by atoms with Gasteiger partial charge in [-0.05, 0) is 42.5 Å². The Kier molecular flexibility index (Phi) is 4.88. The summed E-state index contributed by atoms with van der Waals surface area (Å²) in [5, 5.41) is 6.40. The summed E-state index contributed by atoms with van der Waals surface area (Å²) >= 11 is 0. The third-order valence-corrected chi connectivity index (χ3v) is 4.89. The number of nitrogens with zero attached hydrogens (tertiary/aromatic N) is 3. The average molecular weight is 458 g/mol. The van der Waals surface area contributed by atoms with Crippen molar-refractivity contribution in [1.82, 2.24) is 14.6 Å². The Morgan fingerprint density at radius 3 is 2.42 bits per heavy atom. The fourth-order valence-corrected chi connectivity index (χ4v) is 3.37. The quantitative estimate of drug-likeness (QED) is 0.455. The van der Waals surface area contributed by atoms with Gasteiger partial charge in [-0.15, -0.1) is 0 Å². The van der Waals surface area contributed by atoms with Gasteiger partial charge in [0.1, 0.15) is 19.0 Å². The number of halogens is 4. The van der Waals surface area contributed by atoms with E-state index in [4.69, 9.17) is 9.47 Å². The van der Waals surface area contributed by atoms with Crippen LogP contribution in [0.5, 0.6) is 11.5 Å². The summed E-state index contributed by atoms with van der Waals surface area (Å²) < 4.78 is 65.8. The van der Waals surface area contributed by atoms with E-state index >= 15 is 0 Å². The van der Waals surface area contributed by atoms with Crippen molar-refractivity contribution >= 4 is 17.2 Å². The zero-order valence-corrected chi connectivity index (χ0v) is 16.7. The number of carbonyl (C=O) groups excluding carboxylic acids is 1. The molecular formula is C22H14F4N4O3. The number of hydrogen-bond acceptors (Lipinski definition) is 5. The van der Waals surface area contributed by atoms with Crippen molar-refractivity contribution < 1.29 is 31.8 Å². The third-order valence-electron chi connectivity index (χ3n) is 4.89. The Bertz CT molecular complexity index is 1370. The van der Waals surface area contributed by atoms with Crippen molar-refractivity contribution in [2.45, 2.75) is 6.18 Å². The Morgan fingerprint density at radius 1 is 0.970 bits per heavy atom. The van der Waals surface area contributed by atoms with E-state index in [9.17, 15) is 22.4 Å². The minimum Gasteiger partial charge on any atom is -0.486 e. The first kappa shape index (κ1) is 20.7. The lowest BCUT2D eigenvalue weighted by Crippen LogP contribution is -2.17. The van der Waals surface area contributed by atoms with Crippen molar-refractivity contribution in [2.75, 3.05) is 18.5 Å². The zero-order valence-electron chi connectivity index (χ0n) is 16.7. The minimum atomic E-state index is -4.77. The van der Waals surface area contributed by atoms with Gasteiger partial charge in [-0.3, -0.25) is 4.79 Å². The Morgan fingerprint density at radius 2 is 1.70 bits per heavy atom. The second kappa shape index (κ2) is 7.76. The molecule has 2 aromatic carbocycles. The zero-order chi connectivity index (χ0) is 23.2. The molecule has 0 radical (unpaired) electrons. The van der Waals surface area contributed by atoms with Gasteiger partial charge in [0.2, 0.25) is 0 Å². The predicted molar refractivity (Wildman–Crippen MR) is 109 cm³/mol. The van der Waals surface area contributed by atoms with Gasteiger partial charge in [-0.1, -0.05) is 0 Å². The molecule has 4 aromatic rings. The first-order valence-corrected chi connectivity index (χ1v) is 9.73. The Balaban J connectivity index is 1.51. The number of rotatable bonds is 3. The van der Waals surface area contributed by atoms with Crippen LogP contribution < -0.4 is 14.8 Å². The molecule has 0 bridgehead atoms. The SMILES string of the molecule is O=C(Nc1ccc2c(c1)OCCO2)c1cc2nc(-c3ccc(F)cc3)cc(C(F)(F)F)n2n1. The van der Waals surface area contributed by atoms with Gasteiger partial charge in [0.25, 0.3) is 5.91 Å². The molecule has 1 N–H and O–H groups in total. The molecule has 7 nitrogen and oxygen atoms in total. The number of fused-ring (bicyclic) bond motifs is 2. The normalized spacial score (nSPS) is 13.2. The molecule has 1 aliphatic rings. The van der Waals surface area contributed by atoms with Crippen LogP contribution in [0.3, 0.4) is 0 Å². The lowest BCUT2D eigenvalue weighted by Gasteiger charge is -2.18. The van der Waals surface area contributed by atoms with Gasteiger partial charge in [0, 0.05) is 23.4 Å². The number of carbonyl (C=O) groups is 1. The lowest BCUT2D eigenvalue weighted by atomic mass is 10.1. The molecule has 2 aromatic heterocycles. The minimum absolute atomic E-state index is 0.0338. The molecule has 11 heteroatoms. The molecule has 0 saturated heterocycles. The highest BCUT2D eigenvalue weighted by Gasteiger charge is 2.35. The van der Waals surface area contributed by atoms with Gasteiger partial charge in [0.05, 0.1) is 5.69 Å². The molecule has 3 heterocycles. The maximum absolute atomic E-state index is 13.7. The summed E-state index contributed by atoms with van der Waals surface area (Å²) in [5.74, 6) is -0.287.